The number of imide groups is 1. The summed E-state index contributed by atoms with van der Waals surface area (Å²) in [5.74, 6) is -2.17. The van der Waals surface area contributed by atoms with Crippen LogP contribution in [0.4, 0.5) is 18.9 Å². The van der Waals surface area contributed by atoms with Crippen LogP contribution in [-0.2, 0) is 10.1 Å². The van der Waals surface area contributed by atoms with Crippen LogP contribution < -0.4 is 9.08 Å². The first kappa shape index (κ1) is 18.1. The molecule has 0 unspecified atom stereocenters. The second kappa shape index (κ2) is 5.92. The highest BCUT2D eigenvalue weighted by molar-refractivity contribution is 7.88. The molecule has 0 saturated heterocycles. The standard InChI is InChI=1S/C16H10F3NO5S/c1-9-2-4-10(5-3-9)20-14(21)12-7-6-11(8-13(12)15(20)22)25-26(23,24)16(17,18)19/h2-8H,1H3/q+1. The summed E-state index contributed by atoms with van der Waals surface area (Å²) in [4.78, 5) is 25.8. The van der Waals surface area contributed by atoms with Crippen molar-refractivity contribution in [3.8, 4) is 5.75 Å². The quantitative estimate of drug-likeness (QED) is 0.351. The summed E-state index contributed by atoms with van der Waals surface area (Å²) in [5, 5.41) is 0. The van der Waals surface area contributed by atoms with Gasteiger partial charge in [0.25, 0.3) is 0 Å². The molecular weight excluding hydrogens is 375 g/mol. The summed E-state index contributed by atoms with van der Waals surface area (Å²) in [6, 6.07) is 9.18. The molecule has 135 valence electrons. The average Bonchev–Trinajstić information content (AvgIpc) is 2.78. The number of anilines is 1. The monoisotopic (exact) mass is 385 g/mol. The van der Waals surface area contributed by atoms with Gasteiger partial charge in [0.1, 0.15) is 16.9 Å². The van der Waals surface area contributed by atoms with Gasteiger partial charge in [-0.25, -0.2) is 9.59 Å². The van der Waals surface area contributed by atoms with Crippen LogP contribution in [0.2, 0.25) is 0 Å². The number of hydrogen-bond acceptors (Lipinski definition) is 5. The van der Waals surface area contributed by atoms with Crippen molar-refractivity contribution in [2.75, 3.05) is 0 Å². The lowest BCUT2D eigenvalue weighted by atomic mass is 10.1. The summed E-state index contributed by atoms with van der Waals surface area (Å²) in [6.07, 6.45) is 0. The van der Waals surface area contributed by atoms with Gasteiger partial charge in [-0.05, 0) is 19.1 Å². The van der Waals surface area contributed by atoms with Crippen LogP contribution >= 0.6 is 0 Å². The van der Waals surface area contributed by atoms with Crippen LogP contribution in [0.15, 0.2) is 42.5 Å². The third-order valence-corrected chi connectivity index (χ3v) is 4.62. The Hall–Kier alpha value is -2.72. The van der Waals surface area contributed by atoms with Gasteiger partial charge in [0, 0.05) is 23.1 Å². The molecule has 1 aliphatic heterocycles. The van der Waals surface area contributed by atoms with E-state index in [9.17, 15) is 31.2 Å². The van der Waals surface area contributed by atoms with Gasteiger partial charge in [-0.1, -0.05) is 17.7 Å². The van der Waals surface area contributed by atoms with Gasteiger partial charge in [-0.3, -0.25) is 0 Å². The second-order valence-corrected chi connectivity index (χ2v) is 7.01. The van der Waals surface area contributed by atoms with Gasteiger partial charge >= 0.3 is 27.4 Å². The van der Waals surface area contributed by atoms with Crippen molar-refractivity contribution in [1.29, 1.82) is 0 Å². The highest BCUT2D eigenvalue weighted by Crippen LogP contribution is 2.32. The zero-order chi connectivity index (χ0) is 19.3. The number of benzene rings is 2. The normalized spacial score (nSPS) is 15.2. The molecule has 1 radical (unpaired) electrons. The van der Waals surface area contributed by atoms with Crippen LogP contribution in [0.25, 0.3) is 0 Å². The molecule has 1 aliphatic rings. The molecule has 10 heteroatoms. The Morgan fingerprint density at radius 2 is 1.50 bits per heavy atom. The summed E-state index contributed by atoms with van der Waals surface area (Å²) < 4.78 is 63.4. The molecule has 6 nitrogen and oxygen atoms in total. The van der Waals surface area contributed by atoms with Crippen molar-refractivity contribution in [3.05, 3.63) is 59.2 Å². The van der Waals surface area contributed by atoms with Gasteiger partial charge in [0.05, 0.1) is 0 Å². The fourth-order valence-electron chi connectivity index (χ4n) is 2.37. The maximum Gasteiger partial charge on any atom is 0.534 e. The van der Waals surface area contributed by atoms with Crippen LogP contribution in [-0.4, -0.2) is 25.7 Å². The highest BCUT2D eigenvalue weighted by atomic mass is 32.2. The Labute approximate surface area is 145 Å². The van der Waals surface area contributed by atoms with Crippen LogP contribution in [0, 0.1) is 6.92 Å². The third kappa shape index (κ3) is 2.97. The number of carbonyl (C=O) groups excluding carboxylic acids is 2. The number of fused-ring (bicyclic) bond motifs is 1. The molecule has 0 fully saturated rings. The molecule has 3 rings (SSSR count). The van der Waals surface area contributed by atoms with Crippen molar-refractivity contribution in [3.63, 3.8) is 0 Å². The fraction of sp³-hybridized carbons (Fsp3) is 0.125. The predicted molar refractivity (Wildman–Crippen MR) is 83.7 cm³/mol. The summed E-state index contributed by atoms with van der Waals surface area (Å²) in [6.45, 7) is 1.82. The fourth-order valence-corrected chi connectivity index (χ4v) is 2.83. The highest BCUT2D eigenvalue weighted by Gasteiger charge is 2.51. The zero-order valence-electron chi connectivity index (χ0n) is 13.1. The van der Waals surface area contributed by atoms with Crippen molar-refractivity contribution in [2.45, 2.75) is 12.4 Å². The van der Waals surface area contributed by atoms with Gasteiger partial charge < -0.3 is 4.18 Å². The minimum Gasteiger partial charge on any atom is -0.376 e. The minimum atomic E-state index is -5.88. The van der Waals surface area contributed by atoms with E-state index >= 15 is 0 Å². The molecule has 26 heavy (non-hydrogen) atoms. The molecule has 0 aliphatic carbocycles. The average molecular weight is 385 g/mol. The van der Waals surface area contributed by atoms with Crippen molar-refractivity contribution in [2.24, 2.45) is 0 Å². The summed E-state index contributed by atoms with van der Waals surface area (Å²) >= 11 is 0. The van der Waals surface area contributed by atoms with Crippen LogP contribution in [0.5, 0.6) is 5.75 Å². The zero-order valence-corrected chi connectivity index (χ0v) is 13.9. The molecule has 2 aromatic rings. The number of nitrogens with zero attached hydrogens (tertiary/aromatic N) is 1. The van der Waals surface area contributed by atoms with E-state index in [1.54, 1.807) is 24.3 Å². The van der Waals surface area contributed by atoms with Crippen LogP contribution in [0.3, 0.4) is 0 Å². The Kier molecular flexibility index (Phi) is 4.12. The number of carbonyl (C=O) groups is 2. The van der Waals surface area contributed by atoms with Crippen molar-refractivity contribution < 1.29 is 35.4 Å². The maximum atomic E-state index is 12.5. The largest absolute Gasteiger partial charge is 0.534 e. The molecule has 2 amide bonds. The van der Waals surface area contributed by atoms with E-state index in [1.165, 1.54) is 0 Å². The molecule has 0 N–H and O–H groups in total. The molecular formula is C16H10F3NO5S+. The molecule has 0 bridgehead atoms. The van der Waals surface area contributed by atoms with E-state index in [2.05, 4.69) is 4.18 Å². The van der Waals surface area contributed by atoms with E-state index in [1.807, 2.05) is 6.92 Å². The first-order valence-electron chi connectivity index (χ1n) is 7.11. The van der Waals surface area contributed by atoms with Gasteiger partial charge in [0.15, 0.2) is 5.69 Å². The number of rotatable bonds is 3. The molecule has 2 aromatic carbocycles. The smallest absolute Gasteiger partial charge is 0.376 e. The number of hydrogen-bond donors (Lipinski definition) is 0. The summed E-state index contributed by atoms with van der Waals surface area (Å²) in [7, 11) is -5.88. The van der Waals surface area contributed by atoms with Gasteiger partial charge in [0.2, 0.25) is 0 Å². The SMILES string of the molecule is Cc1ccc([N+]2C(=O)c3ccc(OS(=O)(=O)C(F)(F)F)cc3C2=O)cc1. The third-order valence-electron chi connectivity index (χ3n) is 3.64. The first-order chi connectivity index (χ1) is 12.0. The molecule has 1 heterocycles. The molecule has 0 aromatic heterocycles. The maximum absolute atomic E-state index is 12.5. The van der Waals surface area contributed by atoms with Crippen molar-refractivity contribution in [1.82, 2.24) is 4.90 Å². The van der Waals surface area contributed by atoms with Crippen molar-refractivity contribution >= 4 is 27.6 Å². The van der Waals surface area contributed by atoms with Gasteiger partial charge in [-0.15, -0.1) is 0 Å². The van der Waals surface area contributed by atoms with E-state index < -0.39 is 33.2 Å². The number of aryl methyl sites for hydroxylation is 1. The Balaban J connectivity index is 1.97. The number of alkyl halides is 3. The summed E-state index contributed by atoms with van der Waals surface area (Å²) in [5.41, 5.74) is -4.73. The molecule has 0 saturated carbocycles. The minimum absolute atomic E-state index is 0.0627. The van der Waals surface area contributed by atoms with E-state index in [0.29, 0.717) is 0 Å². The molecule has 0 atom stereocenters. The lowest BCUT2D eigenvalue weighted by molar-refractivity contribution is -0.0500. The number of halogens is 3. The van der Waals surface area contributed by atoms with Crippen LogP contribution in [0.1, 0.15) is 26.3 Å². The second-order valence-electron chi connectivity index (χ2n) is 5.47. The topological polar surface area (TPSA) is 83.4 Å². The first-order valence-corrected chi connectivity index (χ1v) is 8.52. The van der Waals surface area contributed by atoms with E-state index in [0.717, 1.165) is 28.7 Å². The predicted octanol–water partition coefficient (Wildman–Crippen LogP) is 2.99. The Morgan fingerprint density at radius 3 is 2.08 bits per heavy atom. The van der Waals surface area contributed by atoms with E-state index in [4.69, 9.17) is 0 Å². The molecule has 0 spiro atoms. The lowest BCUT2D eigenvalue weighted by Crippen LogP contribution is -2.30. The lowest BCUT2D eigenvalue weighted by Gasteiger charge is -2.09. The van der Waals surface area contributed by atoms with Gasteiger partial charge in [-0.2, -0.15) is 21.6 Å². The number of amides is 2. The van der Waals surface area contributed by atoms with E-state index in [-0.39, 0.29) is 16.8 Å². The Morgan fingerprint density at radius 1 is 0.923 bits per heavy atom. The Bertz CT molecular complexity index is 1010.